The molecular weight excluding hydrogens is 300 g/mol. The smallest absolute Gasteiger partial charge is 0.171 e. The van der Waals surface area contributed by atoms with Gasteiger partial charge < -0.3 is 5.11 Å². The number of ketones is 2. The van der Waals surface area contributed by atoms with Crippen LogP contribution in [-0.4, -0.2) is 16.7 Å². The third-order valence-electron chi connectivity index (χ3n) is 4.72. The van der Waals surface area contributed by atoms with Gasteiger partial charge in [-0.3, -0.25) is 9.59 Å². The van der Waals surface area contributed by atoms with E-state index in [1.54, 1.807) is 24.3 Å². The third kappa shape index (κ3) is 1.63. The SMILES string of the molecule is O=C1c2c(c(Cl)c3ccccc3c2O)C(=O)[C@@H]2CC=CC[C@H]12. The lowest BCUT2D eigenvalue weighted by Crippen LogP contribution is -2.37. The number of aromatic hydroxyl groups is 1. The standard InChI is InChI=1S/C18H13ClO3/c19-15-9-5-1-2-6-10(9)17(21)14-13(15)16(20)11-7-3-4-8-12(11)18(14)22/h1-6,11-12,21H,7-8H2/t11-,12+/m1/s1. The van der Waals surface area contributed by atoms with Gasteiger partial charge in [0.2, 0.25) is 0 Å². The first-order valence-electron chi connectivity index (χ1n) is 7.28. The van der Waals surface area contributed by atoms with Gasteiger partial charge in [-0.1, -0.05) is 48.0 Å². The zero-order valence-electron chi connectivity index (χ0n) is 11.7. The minimum absolute atomic E-state index is 0.102. The van der Waals surface area contributed by atoms with Crippen LogP contribution in [0.4, 0.5) is 0 Å². The van der Waals surface area contributed by atoms with Gasteiger partial charge in [-0.25, -0.2) is 0 Å². The number of carbonyl (C=O) groups is 2. The lowest BCUT2D eigenvalue weighted by molar-refractivity contribution is 0.0727. The topological polar surface area (TPSA) is 54.4 Å². The Hall–Kier alpha value is -2.13. The molecule has 0 heterocycles. The molecule has 3 nitrogen and oxygen atoms in total. The second-order valence-electron chi connectivity index (χ2n) is 5.84. The van der Waals surface area contributed by atoms with Gasteiger partial charge in [0.1, 0.15) is 5.75 Å². The molecule has 4 heteroatoms. The monoisotopic (exact) mass is 312 g/mol. The molecule has 0 spiro atoms. The molecule has 0 bridgehead atoms. The van der Waals surface area contributed by atoms with E-state index in [4.69, 9.17) is 11.6 Å². The summed E-state index contributed by atoms with van der Waals surface area (Å²) in [5, 5.41) is 11.9. The zero-order valence-corrected chi connectivity index (χ0v) is 12.4. The van der Waals surface area contributed by atoms with Crippen LogP contribution in [0.3, 0.4) is 0 Å². The zero-order chi connectivity index (χ0) is 15.4. The highest BCUT2D eigenvalue weighted by Gasteiger charge is 2.44. The van der Waals surface area contributed by atoms with Crippen molar-refractivity contribution in [1.82, 2.24) is 0 Å². The highest BCUT2D eigenvalue weighted by atomic mass is 35.5. The van der Waals surface area contributed by atoms with E-state index in [9.17, 15) is 14.7 Å². The number of carbonyl (C=O) groups excluding carboxylic acids is 2. The minimum atomic E-state index is -0.381. The Balaban J connectivity index is 2.09. The Morgan fingerprint density at radius 2 is 1.45 bits per heavy atom. The third-order valence-corrected chi connectivity index (χ3v) is 5.12. The lowest BCUT2D eigenvalue weighted by atomic mass is 9.68. The fraction of sp³-hybridized carbons (Fsp3) is 0.222. The van der Waals surface area contributed by atoms with E-state index < -0.39 is 0 Å². The number of hydrogen-bond donors (Lipinski definition) is 1. The maximum absolute atomic E-state index is 12.8. The van der Waals surface area contributed by atoms with Gasteiger partial charge in [0, 0.05) is 22.6 Å². The first-order valence-corrected chi connectivity index (χ1v) is 7.65. The molecule has 22 heavy (non-hydrogen) atoms. The molecule has 2 aromatic rings. The van der Waals surface area contributed by atoms with E-state index in [0.717, 1.165) is 0 Å². The first kappa shape index (κ1) is 13.5. The van der Waals surface area contributed by atoms with Crippen LogP contribution in [0.5, 0.6) is 5.75 Å². The maximum Gasteiger partial charge on any atom is 0.171 e. The van der Waals surface area contributed by atoms with Gasteiger partial charge >= 0.3 is 0 Å². The van der Waals surface area contributed by atoms with Crippen molar-refractivity contribution < 1.29 is 14.7 Å². The van der Waals surface area contributed by atoms with E-state index in [2.05, 4.69) is 0 Å². The maximum atomic E-state index is 12.8. The molecule has 2 aliphatic carbocycles. The van der Waals surface area contributed by atoms with Crippen molar-refractivity contribution in [3.63, 3.8) is 0 Å². The van der Waals surface area contributed by atoms with Crippen LogP contribution in [-0.2, 0) is 0 Å². The second kappa shape index (κ2) is 4.68. The summed E-state index contributed by atoms with van der Waals surface area (Å²) in [5.74, 6) is -1.17. The number of phenols is 1. The molecule has 0 radical (unpaired) electrons. The highest BCUT2D eigenvalue weighted by Crippen LogP contribution is 2.46. The molecule has 0 saturated carbocycles. The Bertz CT molecular complexity index is 796. The van der Waals surface area contributed by atoms with E-state index in [1.807, 2.05) is 12.2 Å². The van der Waals surface area contributed by atoms with Crippen LogP contribution in [0.1, 0.15) is 33.6 Å². The van der Waals surface area contributed by atoms with Crippen LogP contribution in [0.15, 0.2) is 36.4 Å². The number of hydrogen-bond acceptors (Lipinski definition) is 3. The summed E-state index contributed by atoms with van der Waals surface area (Å²) >= 11 is 6.42. The molecule has 0 aromatic heterocycles. The number of halogens is 1. The van der Waals surface area contributed by atoms with Crippen molar-refractivity contribution in [1.29, 1.82) is 0 Å². The van der Waals surface area contributed by atoms with E-state index in [1.165, 1.54) is 0 Å². The van der Waals surface area contributed by atoms with Crippen LogP contribution in [0.2, 0.25) is 5.02 Å². The fourth-order valence-corrected chi connectivity index (χ4v) is 3.97. The summed E-state index contributed by atoms with van der Waals surface area (Å²) in [6.45, 7) is 0. The molecule has 4 rings (SSSR count). The Morgan fingerprint density at radius 3 is 2.09 bits per heavy atom. The van der Waals surface area contributed by atoms with Crippen LogP contribution in [0, 0.1) is 11.8 Å². The van der Waals surface area contributed by atoms with Crippen molar-refractivity contribution in [2.45, 2.75) is 12.8 Å². The lowest BCUT2D eigenvalue weighted by Gasteiger charge is -2.32. The summed E-state index contributed by atoms with van der Waals surface area (Å²) in [4.78, 5) is 25.6. The normalized spacial score (nSPS) is 23.5. The van der Waals surface area contributed by atoms with Crippen LogP contribution < -0.4 is 0 Å². The van der Waals surface area contributed by atoms with Gasteiger partial charge in [0.15, 0.2) is 11.6 Å². The Labute approximate surface area is 132 Å². The summed E-state index contributed by atoms with van der Waals surface area (Å²) in [7, 11) is 0. The molecule has 110 valence electrons. The van der Waals surface area contributed by atoms with Gasteiger partial charge in [0.05, 0.1) is 16.1 Å². The second-order valence-corrected chi connectivity index (χ2v) is 6.22. The number of benzene rings is 2. The molecule has 0 aliphatic heterocycles. The summed E-state index contributed by atoms with van der Waals surface area (Å²) < 4.78 is 0. The average molecular weight is 313 g/mol. The van der Waals surface area contributed by atoms with Crippen molar-refractivity contribution in [2.75, 3.05) is 0 Å². The summed E-state index contributed by atoms with van der Waals surface area (Å²) in [5.41, 5.74) is 0.296. The number of rotatable bonds is 0. The Kier molecular flexibility index (Phi) is 2.88. The summed E-state index contributed by atoms with van der Waals surface area (Å²) in [6.07, 6.45) is 4.96. The Morgan fingerprint density at radius 1 is 0.909 bits per heavy atom. The van der Waals surface area contributed by atoms with Gasteiger partial charge in [-0.15, -0.1) is 0 Å². The van der Waals surface area contributed by atoms with Gasteiger partial charge in [-0.2, -0.15) is 0 Å². The minimum Gasteiger partial charge on any atom is -0.507 e. The van der Waals surface area contributed by atoms with Gasteiger partial charge in [-0.05, 0) is 12.8 Å². The largest absolute Gasteiger partial charge is 0.507 e. The van der Waals surface area contributed by atoms with Crippen LogP contribution in [0.25, 0.3) is 10.8 Å². The number of allylic oxidation sites excluding steroid dienone is 2. The first-order chi connectivity index (χ1) is 10.6. The molecule has 0 unspecified atom stereocenters. The molecule has 2 atom stereocenters. The van der Waals surface area contributed by atoms with Crippen LogP contribution >= 0.6 is 11.6 Å². The quantitative estimate of drug-likeness (QED) is 0.743. The fourth-order valence-electron chi connectivity index (χ4n) is 3.61. The van der Waals surface area contributed by atoms with Crippen molar-refractivity contribution in [2.24, 2.45) is 11.8 Å². The van der Waals surface area contributed by atoms with Crippen molar-refractivity contribution in [3.8, 4) is 5.75 Å². The van der Waals surface area contributed by atoms with Crippen molar-refractivity contribution >= 4 is 33.9 Å². The molecule has 0 amide bonds. The van der Waals surface area contributed by atoms with Crippen molar-refractivity contribution in [3.05, 3.63) is 52.6 Å². The summed E-state index contributed by atoms with van der Waals surface area (Å²) in [6, 6.07) is 7.02. The molecule has 2 aliphatic rings. The predicted octanol–water partition coefficient (Wildman–Crippen LogP) is 4.16. The van der Waals surface area contributed by atoms with Gasteiger partial charge in [0.25, 0.3) is 0 Å². The molecule has 1 N–H and O–H groups in total. The molecular formula is C18H13ClO3. The number of fused-ring (bicyclic) bond motifs is 3. The molecule has 2 aromatic carbocycles. The molecule has 0 fully saturated rings. The van der Waals surface area contributed by atoms with E-state index >= 15 is 0 Å². The van der Waals surface area contributed by atoms with E-state index in [-0.39, 0.29) is 45.3 Å². The predicted molar refractivity (Wildman–Crippen MR) is 84.6 cm³/mol. The number of phenolic OH excluding ortho intramolecular Hbond substituents is 1. The highest BCUT2D eigenvalue weighted by molar-refractivity contribution is 6.41. The average Bonchev–Trinajstić information content (AvgIpc) is 2.56. The molecule has 0 saturated heterocycles. The number of Topliss-reactive ketones (excluding diaryl/α,β-unsaturated/α-hetero) is 2. The van der Waals surface area contributed by atoms with E-state index in [0.29, 0.717) is 23.6 Å².